The van der Waals surface area contributed by atoms with Gasteiger partial charge in [0.05, 0.1) is 12.0 Å². The first-order valence-corrected chi connectivity index (χ1v) is 5.83. The fraction of sp³-hybridized carbons (Fsp3) is 0.769. The molecular formula is C13H20O2. The highest BCUT2D eigenvalue weighted by Gasteiger charge is 2.74. The van der Waals surface area contributed by atoms with Crippen LogP contribution in [-0.2, 0) is 9.53 Å². The van der Waals surface area contributed by atoms with Crippen LogP contribution < -0.4 is 0 Å². The van der Waals surface area contributed by atoms with Crippen LogP contribution in [0.4, 0.5) is 0 Å². The standard InChI is InChI=1S/C13H20O2/c1-8(2)7-10-11(13(10)5-6-13)12(14)15-9(3)4/h7,9-11H,5-6H2,1-4H3. The van der Waals surface area contributed by atoms with Crippen LogP contribution in [0.15, 0.2) is 11.6 Å². The van der Waals surface area contributed by atoms with Crippen molar-refractivity contribution in [2.24, 2.45) is 17.3 Å². The lowest BCUT2D eigenvalue weighted by Crippen LogP contribution is -2.14. The summed E-state index contributed by atoms with van der Waals surface area (Å²) < 4.78 is 5.29. The van der Waals surface area contributed by atoms with Gasteiger partial charge in [0.2, 0.25) is 0 Å². The van der Waals surface area contributed by atoms with Crippen LogP contribution in [0.1, 0.15) is 40.5 Å². The molecule has 1 spiro atoms. The second-order valence-electron chi connectivity index (χ2n) is 5.47. The van der Waals surface area contributed by atoms with E-state index in [-0.39, 0.29) is 18.0 Å². The van der Waals surface area contributed by atoms with Crippen LogP contribution in [0.3, 0.4) is 0 Å². The van der Waals surface area contributed by atoms with Crippen molar-refractivity contribution in [3.8, 4) is 0 Å². The monoisotopic (exact) mass is 208 g/mol. The molecule has 2 heteroatoms. The molecule has 2 atom stereocenters. The quantitative estimate of drug-likeness (QED) is 0.526. The summed E-state index contributed by atoms with van der Waals surface area (Å²) in [5.41, 5.74) is 1.63. The highest BCUT2D eigenvalue weighted by Crippen LogP contribution is 2.75. The minimum atomic E-state index is 0.0150. The average Bonchev–Trinajstić information content (AvgIpc) is 2.91. The summed E-state index contributed by atoms with van der Waals surface area (Å²) in [5, 5.41) is 0. The summed E-state index contributed by atoms with van der Waals surface area (Å²) in [6, 6.07) is 0. The SMILES string of the molecule is CC(C)=CC1C(C(=O)OC(C)C)C12CC2. The molecule has 0 radical (unpaired) electrons. The van der Waals surface area contributed by atoms with E-state index >= 15 is 0 Å². The summed E-state index contributed by atoms with van der Waals surface area (Å²) >= 11 is 0. The van der Waals surface area contributed by atoms with E-state index < -0.39 is 0 Å². The van der Waals surface area contributed by atoms with E-state index in [9.17, 15) is 4.79 Å². The topological polar surface area (TPSA) is 26.3 Å². The predicted octanol–water partition coefficient (Wildman–Crippen LogP) is 2.93. The number of ether oxygens (including phenoxy) is 1. The molecule has 0 aliphatic heterocycles. The Morgan fingerprint density at radius 3 is 2.40 bits per heavy atom. The molecule has 2 rings (SSSR count). The second-order valence-corrected chi connectivity index (χ2v) is 5.47. The molecule has 0 aromatic carbocycles. The first kappa shape index (κ1) is 10.7. The molecule has 0 saturated heterocycles. The van der Waals surface area contributed by atoms with Crippen molar-refractivity contribution in [3.05, 3.63) is 11.6 Å². The predicted molar refractivity (Wildman–Crippen MR) is 59.3 cm³/mol. The number of hydrogen-bond donors (Lipinski definition) is 0. The van der Waals surface area contributed by atoms with Crippen molar-refractivity contribution in [1.29, 1.82) is 0 Å². The summed E-state index contributed by atoms with van der Waals surface area (Å²) in [5.74, 6) is 0.647. The number of hydrogen-bond acceptors (Lipinski definition) is 2. The zero-order valence-electron chi connectivity index (χ0n) is 10.0. The Morgan fingerprint density at radius 1 is 1.40 bits per heavy atom. The maximum absolute atomic E-state index is 11.8. The number of carbonyl (C=O) groups excluding carboxylic acids is 1. The molecular weight excluding hydrogens is 188 g/mol. The van der Waals surface area contributed by atoms with Gasteiger partial charge in [-0.15, -0.1) is 0 Å². The van der Waals surface area contributed by atoms with Crippen molar-refractivity contribution in [2.45, 2.75) is 46.6 Å². The van der Waals surface area contributed by atoms with Gasteiger partial charge in [-0.25, -0.2) is 0 Å². The van der Waals surface area contributed by atoms with Crippen molar-refractivity contribution in [1.82, 2.24) is 0 Å². The number of allylic oxidation sites excluding steroid dienone is 2. The summed E-state index contributed by atoms with van der Waals surface area (Å²) in [4.78, 5) is 11.8. The third-order valence-corrected chi connectivity index (χ3v) is 3.48. The zero-order valence-corrected chi connectivity index (χ0v) is 10.0. The Balaban J connectivity index is 2.00. The molecule has 84 valence electrons. The third-order valence-electron chi connectivity index (χ3n) is 3.48. The van der Waals surface area contributed by atoms with Crippen LogP contribution in [0, 0.1) is 17.3 Å². The fourth-order valence-electron chi connectivity index (χ4n) is 2.62. The van der Waals surface area contributed by atoms with Crippen LogP contribution in [0.25, 0.3) is 0 Å². The average molecular weight is 208 g/mol. The van der Waals surface area contributed by atoms with E-state index in [1.54, 1.807) is 0 Å². The first-order chi connectivity index (χ1) is 6.97. The largest absolute Gasteiger partial charge is 0.463 e. The summed E-state index contributed by atoms with van der Waals surface area (Å²) in [7, 11) is 0. The molecule has 0 N–H and O–H groups in total. The molecule has 0 bridgehead atoms. The van der Waals surface area contributed by atoms with Gasteiger partial charge in [0, 0.05) is 0 Å². The van der Waals surface area contributed by atoms with Gasteiger partial charge >= 0.3 is 5.97 Å². The van der Waals surface area contributed by atoms with Gasteiger partial charge in [-0.1, -0.05) is 11.6 Å². The Labute approximate surface area is 91.7 Å². The Kier molecular flexibility index (Phi) is 2.40. The summed E-state index contributed by atoms with van der Waals surface area (Å²) in [6.45, 7) is 8.02. The number of carbonyl (C=O) groups is 1. The molecule has 0 amide bonds. The normalized spacial score (nSPS) is 30.2. The molecule has 15 heavy (non-hydrogen) atoms. The van der Waals surface area contributed by atoms with Gasteiger partial charge in [0.25, 0.3) is 0 Å². The van der Waals surface area contributed by atoms with E-state index in [1.165, 1.54) is 18.4 Å². The minimum absolute atomic E-state index is 0.0150. The Hall–Kier alpha value is -0.790. The van der Waals surface area contributed by atoms with Gasteiger partial charge in [0.15, 0.2) is 0 Å². The van der Waals surface area contributed by atoms with Gasteiger partial charge in [-0.2, -0.15) is 0 Å². The molecule has 0 heterocycles. The van der Waals surface area contributed by atoms with Crippen molar-refractivity contribution in [3.63, 3.8) is 0 Å². The van der Waals surface area contributed by atoms with Crippen molar-refractivity contribution >= 4 is 5.97 Å². The first-order valence-electron chi connectivity index (χ1n) is 5.83. The number of esters is 1. The molecule has 2 nitrogen and oxygen atoms in total. The van der Waals surface area contributed by atoms with E-state index in [0.29, 0.717) is 11.3 Å². The van der Waals surface area contributed by atoms with E-state index in [1.807, 2.05) is 13.8 Å². The summed E-state index contributed by atoms with van der Waals surface area (Å²) in [6.07, 6.45) is 4.68. The van der Waals surface area contributed by atoms with Gasteiger partial charge in [-0.05, 0) is 51.9 Å². The van der Waals surface area contributed by atoms with E-state index in [0.717, 1.165) is 0 Å². The molecule has 0 aromatic rings. The molecule has 0 aromatic heterocycles. The highest BCUT2D eigenvalue weighted by molar-refractivity contribution is 5.79. The van der Waals surface area contributed by atoms with Crippen molar-refractivity contribution < 1.29 is 9.53 Å². The van der Waals surface area contributed by atoms with E-state index in [2.05, 4.69) is 19.9 Å². The molecule has 2 aliphatic carbocycles. The van der Waals surface area contributed by atoms with Crippen LogP contribution in [0.5, 0.6) is 0 Å². The second kappa shape index (κ2) is 3.36. The van der Waals surface area contributed by atoms with Crippen LogP contribution in [-0.4, -0.2) is 12.1 Å². The van der Waals surface area contributed by atoms with Crippen LogP contribution >= 0.6 is 0 Å². The van der Waals surface area contributed by atoms with Crippen LogP contribution in [0.2, 0.25) is 0 Å². The smallest absolute Gasteiger partial charge is 0.310 e. The fourth-order valence-corrected chi connectivity index (χ4v) is 2.62. The lowest BCUT2D eigenvalue weighted by atomic mass is 10.2. The zero-order chi connectivity index (χ0) is 11.2. The van der Waals surface area contributed by atoms with Gasteiger partial charge in [0.1, 0.15) is 0 Å². The Morgan fingerprint density at radius 2 is 2.00 bits per heavy atom. The maximum atomic E-state index is 11.8. The molecule has 2 fully saturated rings. The van der Waals surface area contributed by atoms with E-state index in [4.69, 9.17) is 4.74 Å². The lowest BCUT2D eigenvalue weighted by molar-refractivity contribution is -0.149. The van der Waals surface area contributed by atoms with Gasteiger partial charge < -0.3 is 4.74 Å². The lowest BCUT2D eigenvalue weighted by Gasteiger charge is -2.06. The molecule has 2 unspecified atom stereocenters. The highest BCUT2D eigenvalue weighted by atomic mass is 16.5. The van der Waals surface area contributed by atoms with Crippen molar-refractivity contribution in [2.75, 3.05) is 0 Å². The maximum Gasteiger partial charge on any atom is 0.310 e. The molecule has 2 saturated carbocycles. The third kappa shape index (κ3) is 1.82. The minimum Gasteiger partial charge on any atom is -0.463 e. The Bertz CT molecular complexity index is 306. The molecule has 2 aliphatic rings. The van der Waals surface area contributed by atoms with Gasteiger partial charge in [-0.3, -0.25) is 4.79 Å². The number of rotatable bonds is 3.